The number of aliphatic carboxylic acids is 1. The van der Waals surface area contributed by atoms with E-state index >= 15 is 0 Å². The second-order valence-corrected chi connectivity index (χ2v) is 9.73. The molecule has 11 heteroatoms. The molecule has 0 saturated carbocycles. The number of nitrogens with one attached hydrogen (secondary N) is 1. The normalized spacial score (nSPS) is 14.5. The summed E-state index contributed by atoms with van der Waals surface area (Å²) in [6, 6.07) is 10.7. The molecule has 1 aliphatic rings. The highest BCUT2D eigenvalue weighted by molar-refractivity contribution is 7.92. The van der Waals surface area contributed by atoms with Crippen molar-refractivity contribution in [1.29, 1.82) is 0 Å². The van der Waals surface area contributed by atoms with Gasteiger partial charge in [0.25, 0.3) is 10.0 Å². The van der Waals surface area contributed by atoms with Crippen molar-refractivity contribution < 1.29 is 31.5 Å². The van der Waals surface area contributed by atoms with Gasteiger partial charge in [-0.2, -0.15) is 13.2 Å². The Balaban J connectivity index is 0.000000479. The van der Waals surface area contributed by atoms with Crippen molar-refractivity contribution in [3.05, 3.63) is 58.1 Å². The van der Waals surface area contributed by atoms with Gasteiger partial charge in [0.05, 0.1) is 4.90 Å². The van der Waals surface area contributed by atoms with Gasteiger partial charge in [0.15, 0.2) is 0 Å². The van der Waals surface area contributed by atoms with Crippen LogP contribution in [0.25, 0.3) is 0 Å². The van der Waals surface area contributed by atoms with E-state index in [2.05, 4.69) is 16.5 Å². The van der Waals surface area contributed by atoms with E-state index in [1.54, 1.807) is 12.1 Å². The monoisotopic (exact) mass is 506 g/mol. The van der Waals surface area contributed by atoms with Gasteiger partial charge in [0.2, 0.25) is 0 Å². The van der Waals surface area contributed by atoms with Crippen LogP contribution in [0.3, 0.4) is 0 Å². The first-order valence-electron chi connectivity index (χ1n) is 10.3. The maximum absolute atomic E-state index is 12.7. The van der Waals surface area contributed by atoms with Crippen molar-refractivity contribution in [3.63, 3.8) is 0 Å². The van der Waals surface area contributed by atoms with Gasteiger partial charge >= 0.3 is 12.1 Å². The summed E-state index contributed by atoms with van der Waals surface area (Å²) in [7, 11) is -3.65. The van der Waals surface area contributed by atoms with Gasteiger partial charge in [0, 0.05) is 23.8 Å². The molecule has 1 aliphatic heterocycles. The van der Waals surface area contributed by atoms with Crippen molar-refractivity contribution in [2.45, 2.75) is 44.2 Å². The van der Waals surface area contributed by atoms with Gasteiger partial charge in [0.1, 0.15) is 0 Å². The van der Waals surface area contributed by atoms with Crippen LogP contribution in [-0.4, -0.2) is 50.2 Å². The molecule has 0 radical (unpaired) electrons. The molecule has 0 aliphatic carbocycles. The van der Waals surface area contributed by atoms with Gasteiger partial charge in [-0.25, -0.2) is 13.2 Å². The number of anilines is 1. The van der Waals surface area contributed by atoms with Crippen LogP contribution in [-0.2, 0) is 27.7 Å². The Hall–Kier alpha value is -2.30. The predicted molar refractivity (Wildman–Crippen MR) is 121 cm³/mol. The number of carboxylic acids is 1. The second-order valence-electron chi connectivity index (χ2n) is 7.64. The fourth-order valence-corrected chi connectivity index (χ4v) is 4.65. The Morgan fingerprint density at radius 2 is 1.73 bits per heavy atom. The highest BCUT2D eigenvalue weighted by atomic mass is 35.5. The van der Waals surface area contributed by atoms with Crippen LogP contribution in [0.15, 0.2) is 41.3 Å². The van der Waals surface area contributed by atoms with E-state index in [1.807, 2.05) is 25.1 Å². The van der Waals surface area contributed by atoms with E-state index in [0.29, 0.717) is 10.7 Å². The number of aryl methyl sites for hydroxylation is 1. The third-order valence-electron chi connectivity index (χ3n) is 5.09. The minimum atomic E-state index is -5.08. The number of fused-ring (bicyclic) bond motifs is 1. The smallest absolute Gasteiger partial charge is 0.475 e. The largest absolute Gasteiger partial charge is 0.490 e. The molecule has 0 fully saturated rings. The maximum atomic E-state index is 12.7. The summed E-state index contributed by atoms with van der Waals surface area (Å²) in [4.78, 5) is 11.5. The average Bonchev–Trinajstić information content (AvgIpc) is 2.92. The molecule has 0 amide bonds. The van der Waals surface area contributed by atoms with E-state index in [1.165, 1.54) is 17.2 Å². The molecule has 0 atom stereocenters. The number of carbonyl (C=O) groups is 1. The van der Waals surface area contributed by atoms with E-state index in [0.717, 1.165) is 44.5 Å². The van der Waals surface area contributed by atoms with Crippen LogP contribution in [0.5, 0.6) is 0 Å². The zero-order valence-corrected chi connectivity index (χ0v) is 19.8. The fraction of sp³-hybridized carbons (Fsp3) is 0.409. The van der Waals surface area contributed by atoms with E-state index in [-0.39, 0.29) is 4.90 Å². The number of rotatable bonds is 5. The number of hydrogen-bond acceptors (Lipinski definition) is 4. The van der Waals surface area contributed by atoms with Gasteiger partial charge in [-0.15, -0.1) is 0 Å². The van der Waals surface area contributed by atoms with E-state index in [9.17, 15) is 21.6 Å². The third-order valence-corrected chi connectivity index (χ3v) is 6.88. The predicted octanol–water partition coefficient (Wildman–Crippen LogP) is 4.89. The number of halogens is 4. The lowest BCUT2D eigenvalue weighted by molar-refractivity contribution is -0.192. The zero-order chi connectivity index (χ0) is 24.8. The minimum absolute atomic E-state index is 0.178. The lowest BCUT2D eigenvalue weighted by Crippen LogP contribution is -2.27. The first-order chi connectivity index (χ1) is 15.3. The summed E-state index contributed by atoms with van der Waals surface area (Å²) < 4.78 is 59.7. The Labute approximate surface area is 196 Å². The molecule has 0 bridgehead atoms. The lowest BCUT2D eigenvalue weighted by Gasteiger charge is -2.18. The summed E-state index contributed by atoms with van der Waals surface area (Å²) in [6.07, 6.45) is -1.97. The molecule has 2 N–H and O–H groups in total. The number of sulfonamides is 1. The highest BCUT2D eigenvalue weighted by Gasteiger charge is 2.38. The van der Waals surface area contributed by atoms with Crippen LogP contribution in [0.1, 0.15) is 30.0 Å². The Kier molecular flexibility index (Phi) is 9.16. The fourth-order valence-electron chi connectivity index (χ4n) is 3.33. The quantitative estimate of drug-likeness (QED) is 0.602. The van der Waals surface area contributed by atoms with Gasteiger partial charge in [-0.1, -0.05) is 30.7 Å². The van der Waals surface area contributed by atoms with E-state index < -0.39 is 22.2 Å². The maximum Gasteiger partial charge on any atom is 0.490 e. The summed E-state index contributed by atoms with van der Waals surface area (Å²) in [5.41, 5.74) is 3.99. The summed E-state index contributed by atoms with van der Waals surface area (Å²) in [5.74, 6) is -2.76. The van der Waals surface area contributed by atoms with Crippen LogP contribution in [0.2, 0.25) is 5.02 Å². The Morgan fingerprint density at radius 3 is 2.27 bits per heavy atom. The van der Waals surface area contributed by atoms with Crippen molar-refractivity contribution in [3.8, 4) is 0 Å². The van der Waals surface area contributed by atoms with Crippen LogP contribution in [0.4, 0.5) is 18.9 Å². The minimum Gasteiger partial charge on any atom is -0.475 e. The van der Waals surface area contributed by atoms with Crippen molar-refractivity contribution in [1.82, 2.24) is 4.90 Å². The Bertz CT molecular complexity index is 1090. The topological polar surface area (TPSA) is 86.7 Å². The molecular formula is C22H26ClF3N2O4S. The first-order valence-corrected chi connectivity index (χ1v) is 12.1. The summed E-state index contributed by atoms with van der Waals surface area (Å²) in [5, 5.41) is 7.57. The molecule has 0 saturated heterocycles. The molecule has 0 spiro atoms. The van der Waals surface area contributed by atoms with Crippen LogP contribution >= 0.6 is 11.6 Å². The molecule has 6 nitrogen and oxygen atoms in total. The summed E-state index contributed by atoms with van der Waals surface area (Å²) >= 11 is 6.08. The molecule has 3 rings (SSSR count). The molecular weight excluding hydrogens is 481 g/mol. The molecule has 2 aromatic rings. The Morgan fingerprint density at radius 1 is 1.12 bits per heavy atom. The van der Waals surface area contributed by atoms with Gasteiger partial charge in [-0.05, 0) is 73.7 Å². The van der Waals surface area contributed by atoms with Crippen LogP contribution < -0.4 is 4.72 Å². The number of carboxylic acid groups (broad SMARTS) is 1. The van der Waals surface area contributed by atoms with Gasteiger partial charge < -0.3 is 10.0 Å². The molecule has 182 valence electrons. The van der Waals surface area contributed by atoms with Gasteiger partial charge in [-0.3, -0.25) is 4.72 Å². The molecule has 0 unspecified atom stereocenters. The molecule has 2 aromatic carbocycles. The molecule has 33 heavy (non-hydrogen) atoms. The van der Waals surface area contributed by atoms with Crippen molar-refractivity contribution in [2.24, 2.45) is 0 Å². The highest BCUT2D eigenvalue weighted by Crippen LogP contribution is 2.25. The lowest BCUT2D eigenvalue weighted by atomic mass is 10.0. The number of benzene rings is 2. The van der Waals surface area contributed by atoms with Crippen molar-refractivity contribution in [2.75, 3.05) is 24.4 Å². The third kappa shape index (κ3) is 7.90. The van der Waals surface area contributed by atoms with Crippen molar-refractivity contribution >= 4 is 33.3 Å². The van der Waals surface area contributed by atoms with E-state index in [4.69, 9.17) is 21.5 Å². The van der Waals surface area contributed by atoms with Crippen LogP contribution in [0, 0.1) is 6.92 Å². The standard InChI is InChI=1S/C20H25ClN2O2S.C2HF3O2/c1-3-10-23-11-8-16-5-6-18(13-17(16)9-12-23)22-26(24,25)19-7-4-15(2)20(21)14-19;3-2(4,5)1(6)7/h4-7,13-14,22H,3,8-12H2,1-2H3;(H,6,7). The number of alkyl halides is 3. The zero-order valence-electron chi connectivity index (χ0n) is 18.2. The first kappa shape index (κ1) is 26.9. The average molecular weight is 507 g/mol. The number of nitrogens with zero attached hydrogens (tertiary/aromatic N) is 1. The summed E-state index contributed by atoms with van der Waals surface area (Å²) in [6.45, 7) is 7.24. The number of hydrogen-bond donors (Lipinski definition) is 2. The second kappa shape index (κ2) is 11.2. The SMILES string of the molecule is CCCN1CCc2ccc(NS(=O)(=O)c3ccc(C)c(Cl)c3)cc2CC1.O=C(O)C(F)(F)F. The molecule has 1 heterocycles. The molecule has 0 aromatic heterocycles.